The van der Waals surface area contributed by atoms with Gasteiger partial charge in [0.1, 0.15) is 0 Å². The van der Waals surface area contributed by atoms with E-state index in [0.717, 1.165) is 41.5 Å². The quantitative estimate of drug-likeness (QED) is 0.414. The maximum absolute atomic E-state index is 13.6. The minimum absolute atomic E-state index is 0.0278. The molecule has 0 unspecified atom stereocenters. The topological polar surface area (TPSA) is 67.2 Å². The second-order valence-corrected chi connectivity index (χ2v) is 10.2. The number of aromatic nitrogens is 4. The van der Waals surface area contributed by atoms with Gasteiger partial charge in [-0.1, -0.05) is 35.4 Å². The molecule has 4 aromatic rings. The van der Waals surface area contributed by atoms with Crippen LogP contribution in [0, 0.1) is 12.8 Å². The molecule has 9 heteroatoms. The fourth-order valence-corrected chi connectivity index (χ4v) is 5.98. The number of carbonyl (C=O) groups excluding carboxylic acids is 1. The van der Waals surface area contributed by atoms with Gasteiger partial charge in [-0.3, -0.25) is 4.79 Å². The Labute approximate surface area is 206 Å². The van der Waals surface area contributed by atoms with Gasteiger partial charge >= 0.3 is 0 Å². The number of hydrogen-bond donors (Lipinski definition) is 0. The third-order valence-electron chi connectivity index (χ3n) is 6.71. The Kier molecular flexibility index (Phi) is 5.34. The lowest BCUT2D eigenvalue weighted by atomic mass is 9.82. The highest BCUT2D eigenvalue weighted by Crippen LogP contribution is 2.39. The Bertz CT molecular complexity index is 1350. The van der Waals surface area contributed by atoms with Crippen molar-refractivity contribution in [1.82, 2.24) is 24.9 Å². The summed E-state index contributed by atoms with van der Waals surface area (Å²) in [4.78, 5) is 24.3. The van der Waals surface area contributed by atoms with Crippen LogP contribution in [0.25, 0.3) is 16.9 Å². The number of anilines is 1. The van der Waals surface area contributed by atoms with E-state index in [1.54, 1.807) is 23.7 Å². The fourth-order valence-electron chi connectivity index (χ4n) is 4.88. The minimum atomic E-state index is 0.0278. The van der Waals surface area contributed by atoms with Crippen LogP contribution in [-0.2, 0) is 0 Å². The summed E-state index contributed by atoms with van der Waals surface area (Å²) >= 11 is 7.81. The van der Waals surface area contributed by atoms with Gasteiger partial charge in [0.15, 0.2) is 5.13 Å². The lowest BCUT2D eigenvalue weighted by Crippen LogP contribution is -2.65. The van der Waals surface area contributed by atoms with Crippen LogP contribution in [0.15, 0.2) is 60.2 Å². The summed E-state index contributed by atoms with van der Waals surface area (Å²) in [6.45, 7) is 4.44. The maximum Gasteiger partial charge on any atom is 0.256 e. The lowest BCUT2D eigenvalue weighted by molar-refractivity contribution is 0.0592. The summed E-state index contributed by atoms with van der Waals surface area (Å²) < 4.78 is 0. The predicted octanol–water partition coefficient (Wildman–Crippen LogP) is 4.70. The van der Waals surface area contributed by atoms with Gasteiger partial charge in [0, 0.05) is 41.5 Å². The standard InChI is InChI=1S/C25H23ClN6OS/c1-16-5-6-22(32-27-8-9-28-32)20(11-16)24(33)30-10-7-18-13-31(23(18)14-30)25-29-21(15-34-25)17-3-2-4-19(26)12-17/h2-6,8-9,11-12,15,18,23H,7,10,13-14H2,1H3/t18-,23-/m0/s1. The number of thiazole rings is 1. The van der Waals surface area contributed by atoms with Crippen molar-refractivity contribution in [2.75, 3.05) is 24.5 Å². The molecule has 0 bridgehead atoms. The van der Waals surface area contributed by atoms with Crippen LogP contribution in [-0.4, -0.2) is 56.5 Å². The molecule has 0 aliphatic carbocycles. The average molecular weight is 491 g/mol. The van der Waals surface area contributed by atoms with Crippen LogP contribution in [0.2, 0.25) is 5.02 Å². The summed E-state index contributed by atoms with van der Waals surface area (Å²) in [5.74, 6) is 0.618. The SMILES string of the molecule is Cc1ccc(-n2nccn2)c(C(=O)N2CC[C@H]3CN(c4nc(-c5cccc(Cl)c5)cs4)[C@H]3C2)c1. The van der Waals surface area contributed by atoms with Crippen molar-refractivity contribution in [2.45, 2.75) is 19.4 Å². The zero-order valence-electron chi connectivity index (χ0n) is 18.6. The molecule has 2 aliphatic rings. The van der Waals surface area contributed by atoms with Crippen molar-refractivity contribution in [1.29, 1.82) is 0 Å². The third-order valence-corrected chi connectivity index (χ3v) is 7.83. The molecule has 7 nitrogen and oxygen atoms in total. The Balaban J connectivity index is 1.22. The lowest BCUT2D eigenvalue weighted by Gasteiger charge is -2.53. The van der Waals surface area contributed by atoms with Crippen molar-refractivity contribution in [2.24, 2.45) is 5.92 Å². The first kappa shape index (κ1) is 21.3. The summed E-state index contributed by atoms with van der Waals surface area (Å²) in [5.41, 5.74) is 4.34. The van der Waals surface area contributed by atoms with Gasteiger partial charge in [0.05, 0.1) is 35.4 Å². The first-order valence-corrected chi connectivity index (χ1v) is 12.6. The Hall–Kier alpha value is -3.23. The zero-order chi connectivity index (χ0) is 23.2. The van der Waals surface area contributed by atoms with Gasteiger partial charge in [-0.25, -0.2) is 4.98 Å². The van der Waals surface area contributed by atoms with Gasteiger partial charge in [0.2, 0.25) is 0 Å². The second-order valence-electron chi connectivity index (χ2n) is 8.88. The molecule has 34 heavy (non-hydrogen) atoms. The molecule has 2 aromatic heterocycles. The van der Waals surface area contributed by atoms with Gasteiger partial charge in [-0.2, -0.15) is 15.0 Å². The highest BCUT2D eigenvalue weighted by molar-refractivity contribution is 7.14. The van der Waals surface area contributed by atoms with E-state index >= 15 is 0 Å². The van der Waals surface area contributed by atoms with E-state index < -0.39 is 0 Å². The van der Waals surface area contributed by atoms with Crippen LogP contribution in [0.5, 0.6) is 0 Å². The highest BCUT2D eigenvalue weighted by atomic mass is 35.5. The minimum Gasteiger partial charge on any atom is -0.343 e. The van der Waals surface area contributed by atoms with Crippen LogP contribution >= 0.6 is 22.9 Å². The van der Waals surface area contributed by atoms with Crippen molar-refractivity contribution in [3.05, 3.63) is 76.4 Å². The summed E-state index contributed by atoms with van der Waals surface area (Å²) in [7, 11) is 0. The number of aryl methyl sites for hydroxylation is 1. The number of benzene rings is 2. The number of amides is 1. The molecule has 0 N–H and O–H groups in total. The number of likely N-dealkylation sites (tertiary alicyclic amines) is 1. The van der Waals surface area contributed by atoms with E-state index in [4.69, 9.17) is 16.6 Å². The molecule has 0 spiro atoms. The predicted molar refractivity (Wildman–Crippen MR) is 134 cm³/mol. The number of fused-ring (bicyclic) bond motifs is 1. The molecule has 2 aromatic carbocycles. The number of piperidine rings is 1. The zero-order valence-corrected chi connectivity index (χ0v) is 20.2. The van der Waals surface area contributed by atoms with Crippen molar-refractivity contribution >= 4 is 34.0 Å². The van der Waals surface area contributed by atoms with Gasteiger partial charge in [-0.15, -0.1) is 11.3 Å². The smallest absolute Gasteiger partial charge is 0.256 e. The van der Waals surface area contributed by atoms with E-state index in [2.05, 4.69) is 20.5 Å². The first-order valence-electron chi connectivity index (χ1n) is 11.3. The first-order chi connectivity index (χ1) is 16.6. The number of hydrogen-bond acceptors (Lipinski definition) is 6. The number of carbonyl (C=O) groups is 1. The van der Waals surface area contributed by atoms with Crippen molar-refractivity contribution in [3.8, 4) is 16.9 Å². The van der Waals surface area contributed by atoms with E-state index in [9.17, 15) is 4.79 Å². The molecule has 172 valence electrons. The average Bonchev–Trinajstić information content (AvgIpc) is 3.52. The van der Waals surface area contributed by atoms with E-state index in [0.29, 0.717) is 28.7 Å². The Morgan fingerprint density at radius 1 is 1.12 bits per heavy atom. The highest BCUT2D eigenvalue weighted by Gasteiger charge is 2.45. The summed E-state index contributed by atoms with van der Waals surface area (Å²) in [6, 6.07) is 13.9. The largest absolute Gasteiger partial charge is 0.343 e. The van der Waals surface area contributed by atoms with E-state index in [1.165, 1.54) is 4.80 Å². The monoisotopic (exact) mass is 490 g/mol. The van der Waals surface area contributed by atoms with Crippen LogP contribution < -0.4 is 4.90 Å². The number of halogens is 1. The van der Waals surface area contributed by atoms with Gasteiger partial charge in [-0.05, 0) is 37.6 Å². The third kappa shape index (κ3) is 3.76. The molecular formula is C25H23ClN6OS. The van der Waals surface area contributed by atoms with Crippen LogP contribution in [0.4, 0.5) is 5.13 Å². The second kappa shape index (κ2) is 8.52. The number of nitrogens with zero attached hydrogens (tertiary/aromatic N) is 6. The van der Waals surface area contributed by atoms with Gasteiger partial charge in [0.25, 0.3) is 5.91 Å². The summed E-state index contributed by atoms with van der Waals surface area (Å²) in [6.07, 6.45) is 4.25. The van der Waals surface area contributed by atoms with Gasteiger partial charge < -0.3 is 9.80 Å². The summed E-state index contributed by atoms with van der Waals surface area (Å²) in [5, 5.41) is 12.3. The molecule has 2 saturated heterocycles. The molecule has 0 radical (unpaired) electrons. The normalized spacial score (nSPS) is 19.6. The Morgan fingerprint density at radius 3 is 2.79 bits per heavy atom. The molecule has 6 rings (SSSR count). The number of rotatable bonds is 4. The molecule has 2 aliphatic heterocycles. The van der Waals surface area contributed by atoms with Crippen LogP contribution in [0.3, 0.4) is 0 Å². The van der Waals surface area contributed by atoms with Crippen LogP contribution in [0.1, 0.15) is 22.3 Å². The maximum atomic E-state index is 13.6. The molecular weight excluding hydrogens is 468 g/mol. The van der Waals surface area contributed by atoms with Crippen molar-refractivity contribution in [3.63, 3.8) is 0 Å². The Morgan fingerprint density at radius 2 is 1.97 bits per heavy atom. The molecule has 2 atom stereocenters. The van der Waals surface area contributed by atoms with Crippen molar-refractivity contribution < 1.29 is 4.79 Å². The molecule has 4 heterocycles. The molecule has 1 amide bonds. The van der Waals surface area contributed by atoms with E-state index in [1.807, 2.05) is 54.3 Å². The van der Waals surface area contributed by atoms with E-state index in [-0.39, 0.29) is 11.9 Å². The molecule has 2 fully saturated rings. The fraction of sp³-hybridized carbons (Fsp3) is 0.280. The molecule has 0 saturated carbocycles.